The Morgan fingerprint density at radius 3 is 2.43 bits per heavy atom. The molecule has 4 nitrogen and oxygen atoms in total. The molecule has 164 valence electrons. The van der Waals surface area contributed by atoms with Gasteiger partial charge in [-0.1, -0.05) is 34.3 Å². The first-order chi connectivity index (χ1) is 14.0. The minimum Gasteiger partial charge on any atom is -0.493 e. The lowest BCUT2D eigenvalue weighted by atomic mass is 10.0. The topological polar surface area (TPSA) is 40.6 Å². The maximum absolute atomic E-state index is 14.8. The van der Waals surface area contributed by atoms with Gasteiger partial charge in [0, 0.05) is 29.6 Å². The van der Waals surface area contributed by atoms with Gasteiger partial charge in [0.05, 0.1) is 20.3 Å². The van der Waals surface area contributed by atoms with Gasteiger partial charge >= 0.3 is 0 Å². The van der Waals surface area contributed by atoms with E-state index in [9.17, 15) is 4.39 Å². The molecule has 1 aromatic carbocycles. The van der Waals surface area contributed by atoms with Crippen LogP contribution in [0.3, 0.4) is 0 Å². The van der Waals surface area contributed by atoms with E-state index in [0.717, 1.165) is 17.6 Å². The monoisotopic (exact) mass is 431 g/mol. The Bertz CT molecular complexity index is 891. The van der Waals surface area contributed by atoms with E-state index in [-0.39, 0.29) is 5.04 Å². The van der Waals surface area contributed by atoms with Crippen LogP contribution in [0.5, 0.6) is 11.5 Å². The predicted molar refractivity (Wildman–Crippen MR) is 124 cm³/mol. The van der Waals surface area contributed by atoms with Gasteiger partial charge in [-0.3, -0.25) is 4.98 Å². The molecule has 0 aliphatic carbocycles. The number of rotatable bonds is 9. The number of pyridine rings is 1. The lowest BCUT2D eigenvalue weighted by molar-refractivity contribution is 0.293. The van der Waals surface area contributed by atoms with Gasteiger partial charge in [-0.25, -0.2) is 4.39 Å². The Labute approximate surface area is 181 Å². The molecule has 0 N–H and O–H groups in total. The summed E-state index contributed by atoms with van der Waals surface area (Å²) in [5.41, 5.74) is 2.72. The number of ether oxygens (including phenoxy) is 2. The van der Waals surface area contributed by atoms with Crippen LogP contribution in [-0.2, 0) is 4.43 Å². The highest BCUT2D eigenvalue weighted by Gasteiger charge is 2.37. The molecule has 0 amide bonds. The van der Waals surface area contributed by atoms with E-state index in [1.165, 1.54) is 13.2 Å². The van der Waals surface area contributed by atoms with Crippen LogP contribution in [0.4, 0.5) is 4.39 Å². The molecular weight excluding hydrogens is 397 g/mol. The smallest absolute Gasteiger partial charge is 0.192 e. The summed E-state index contributed by atoms with van der Waals surface area (Å²) in [6.45, 7) is 18.2. The predicted octanol–water partition coefficient (Wildman–Crippen LogP) is 6.72. The Kier molecular flexibility index (Phi) is 7.83. The first-order valence-corrected chi connectivity index (χ1v) is 13.2. The molecule has 0 radical (unpaired) electrons. The minimum absolute atomic E-state index is 0.120. The van der Waals surface area contributed by atoms with Gasteiger partial charge in [0.1, 0.15) is 5.82 Å². The van der Waals surface area contributed by atoms with Gasteiger partial charge in [0.25, 0.3) is 0 Å². The largest absolute Gasteiger partial charge is 0.493 e. The molecule has 0 unspecified atom stereocenters. The molecule has 0 aliphatic heterocycles. The van der Waals surface area contributed by atoms with E-state index in [2.05, 4.69) is 45.4 Å². The molecule has 0 spiro atoms. The van der Waals surface area contributed by atoms with E-state index in [0.29, 0.717) is 35.8 Å². The van der Waals surface area contributed by atoms with Crippen LogP contribution in [0.15, 0.2) is 37.2 Å². The van der Waals surface area contributed by atoms with E-state index in [1.807, 2.05) is 13.0 Å². The molecule has 2 rings (SSSR count). The molecule has 0 saturated heterocycles. The second-order valence-corrected chi connectivity index (χ2v) is 13.8. The van der Waals surface area contributed by atoms with Gasteiger partial charge in [0.2, 0.25) is 0 Å². The van der Waals surface area contributed by atoms with Crippen molar-refractivity contribution in [2.24, 2.45) is 0 Å². The molecule has 0 fully saturated rings. The fourth-order valence-electron chi connectivity index (χ4n) is 2.59. The quantitative estimate of drug-likeness (QED) is 0.413. The summed E-state index contributed by atoms with van der Waals surface area (Å²) in [5.74, 6) is 0.500. The van der Waals surface area contributed by atoms with Crippen LogP contribution in [0, 0.1) is 5.82 Å². The van der Waals surface area contributed by atoms with Gasteiger partial charge in [-0.2, -0.15) is 0 Å². The first-order valence-electron chi connectivity index (χ1n) is 10.3. The number of hydrogen-bond acceptors (Lipinski definition) is 4. The Morgan fingerprint density at radius 2 is 1.83 bits per heavy atom. The molecular formula is C24H34FNO3Si. The summed E-state index contributed by atoms with van der Waals surface area (Å²) < 4.78 is 32.1. The number of hydrogen-bond donors (Lipinski definition) is 0. The third kappa shape index (κ3) is 5.70. The van der Waals surface area contributed by atoms with Crippen molar-refractivity contribution >= 4 is 13.9 Å². The zero-order valence-electron chi connectivity index (χ0n) is 19.3. The second-order valence-electron chi connectivity index (χ2n) is 8.95. The standard InChI is InChI=1S/C24H34FNO3Si/c1-9-10-28-23-12-20(21(25)13-22(23)27-6)19-11-18(14-26-15-19)17(2)16-29-30(7,8)24(3,4)5/h11-15H,2,9-10,16H2,1,3-8H3. The fraction of sp³-hybridized carbons (Fsp3) is 0.458. The zero-order valence-corrected chi connectivity index (χ0v) is 20.3. The molecule has 1 heterocycles. The first kappa shape index (κ1) is 24.1. The zero-order chi connectivity index (χ0) is 22.5. The molecule has 0 aliphatic rings. The second kappa shape index (κ2) is 9.75. The summed E-state index contributed by atoms with van der Waals surface area (Å²) >= 11 is 0. The van der Waals surface area contributed by atoms with Gasteiger partial charge in [-0.05, 0) is 47.8 Å². The molecule has 1 aromatic heterocycles. The van der Waals surface area contributed by atoms with Gasteiger partial charge in [0.15, 0.2) is 19.8 Å². The molecule has 6 heteroatoms. The Hall–Kier alpha value is -2.18. The number of halogens is 1. The van der Waals surface area contributed by atoms with Crippen LogP contribution in [0.2, 0.25) is 18.1 Å². The summed E-state index contributed by atoms with van der Waals surface area (Å²) in [4.78, 5) is 4.31. The molecule has 0 atom stereocenters. The number of methoxy groups -OCH3 is 1. The lowest BCUT2D eigenvalue weighted by Gasteiger charge is -2.36. The maximum Gasteiger partial charge on any atom is 0.192 e. The van der Waals surface area contributed by atoms with Crippen LogP contribution in [0.25, 0.3) is 16.7 Å². The summed E-state index contributed by atoms with van der Waals surface area (Å²) in [6, 6.07) is 4.90. The highest BCUT2D eigenvalue weighted by Crippen LogP contribution is 2.38. The minimum atomic E-state index is -1.89. The van der Waals surface area contributed by atoms with Crippen molar-refractivity contribution in [1.29, 1.82) is 0 Å². The highest BCUT2D eigenvalue weighted by molar-refractivity contribution is 6.74. The van der Waals surface area contributed by atoms with E-state index >= 15 is 0 Å². The van der Waals surface area contributed by atoms with E-state index < -0.39 is 14.1 Å². The normalized spacial score (nSPS) is 12.0. The summed E-state index contributed by atoms with van der Waals surface area (Å²) in [7, 11) is -0.388. The fourth-order valence-corrected chi connectivity index (χ4v) is 3.56. The number of aromatic nitrogens is 1. The van der Waals surface area contributed by atoms with Crippen LogP contribution in [-0.4, -0.2) is 33.6 Å². The van der Waals surface area contributed by atoms with Crippen molar-refractivity contribution in [2.75, 3.05) is 20.3 Å². The lowest BCUT2D eigenvalue weighted by Crippen LogP contribution is -2.41. The number of nitrogens with zero attached hydrogens (tertiary/aromatic N) is 1. The van der Waals surface area contributed by atoms with E-state index in [1.54, 1.807) is 18.5 Å². The van der Waals surface area contributed by atoms with Crippen molar-refractivity contribution in [2.45, 2.75) is 52.2 Å². The SMILES string of the molecule is C=C(CO[Si](C)(C)C(C)(C)C)c1cncc(-c2cc(OCCC)c(OC)cc2F)c1. The molecule has 30 heavy (non-hydrogen) atoms. The van der Waals surface area contributed by atoms with Gasteiger partial charge in [-0.15, -0.1) is 0 Å². The Morgan fingerprint density at radius 1 is 1.13 bits per heavy atom. The van der Waals surface area contributed by atoms with E-state index in [4.69, 9.17) is 13.9 Å². The third-order valence-electron chi connectivity index (χ3n) is 5.59. The Balaban J connectivity index is 2.29. The van der Waals surface area contributed by atoms with Crippen molar-refractivity contribution in [3.8, 4) is 22.6 Å². The summed E-state index contributed by atoms with van der Waals surface area (Å²) in [6.07, 6.45) is 4.22. The average molecular weight is 432 g/mol. The molecule has 2 aromatic rings. The van der Waals surface area contributed by atoms with Crippen LogP contribution in [0.1, 0.15) is 39.7 Å². The van der Waals surface area contributed by atoms with Crippen molar-refractivity contribution in [3.05, 3.63) is 48.6 Å². The van der Waals surface area contributed by atoms with Crippen molar-refractivity contribution < 1.29 is 18.3 Å². The van der Waals surface area contributed by atoms with Gasteiger partial charge < -0.3 is 13.9 Å². The third-order valence-corrected chi connectivity index (χ3v) is 10.1. The maximum atomic E-state index is 14.8. The molecule has 0 bridgehead atoms. The molecule has 0 saturated carbocycles. The van der Waals surface area contributed by atoms with Crippen LogP contribution < -0.4 is 9.47 Å². The average Bonchev–Trinajstić information content (AvgIpc) is 2.70. The highest BCUT2D eigenvalue weighted by atomic mass is 28.4. The number of benzene rings is 1. The van der Waals surface area contributed by atoms with Crippen molar-refractivity contribution in [3.63, 3.8) is 0 Å². The summed E-state index contributed by atoms with van der Waals surface area (Å²) in [5, 5.41) is 0.120. The van der Waals surface area contributed by atoms with Crippen molar-refractivity contribution in [1.82, 2.24) is 4.98 Å². The van der Waals surface area contributed by atoms with Crippen LogP contribution >= 0.6 is 0 Å².